The van der Waals surface area contributed by atoms with E-state index in [0.29, 0.717) is 12.7 Å². The van der Waals surface area contributed by atoms with Crippen LogP contribution in [0.25, 0.3) is 0 Å². The van der Waals surface area contributed by atoms with Crippen LogP contribution in [0.3, 0.4) is 0 Å². The van der Waals surface area contributed by atoms with Gasteiger partial charge in [-0.3, -0.25) is 4.79 Å². The second-order valence-corrected chi connectivity index (χ2v) is 11.8. The molecular formula is C19H33NO5Si. The predicted molar refractivity (Wildman–Crippen MR) is 104 cm³/mol. The van der Waals surface area contributed by atoms with E-state index in [9.17, 15) is 9.59 Å². The fourth-order valence-corrected chi connectivity index (χ4v) is 6.47. The second kappa shape index (κ2) is 10.0. The van der Waals surface area contributed by atoms with E-state index >= 15 is 0 Å². The quantitative estimate of drug-likeness (QED) is 0.249. The highest BCUT2D eigenvalue weighted by atomic mass is 28.4. The van der Waals surface area contributed by atoms with Crippen molar-refractivity contribution in [3.8, 4) is 0 Å². The Labute approximate surface area is 158 Å². The average Bonchev–Trinajstić information content (AvgIpc) is 2.96. The minimum atomic E-state index is -2.17. The molecule has 0 N–H and O–H groups in total. The molecule has 0 aliphatic carbocycles. The molecule has 1 saturated heterocycles. The van der Waals surface area contributed by atoms with Crippen LogP contribution in [0.15, 0.2) is 24.8 Å². The highest BCUT2D eigenvalue weighted by Gasteiger charge is 2.41. The van der Waals surface area contributed by atoms with Crippen LogP contribution in [0.5, 0.6) is 0 Å². The zero-order chi connectivity index (χ0) is 19.8. The molecule has 1 aliphatic heterocycles. The summed E-state index contributed by atoms with van der Waals surface area (Å²) in [7, 11) is -2.17. The molecule has 0 spiro atoms. The van der Waals surface area contributed by atoms with Gasteiger partial charge in [-0.15, -0.1) is 0 Å². The third-order valence-corrected chi connectivity index (χ3v) is 6.57. The molecule has 0 amide bonds. The normalized spacial score (nSPS) is 18.9. The van der Waals surface area contributed by atoms with E-state index in [0.717, 1.165) is 19.4 Å². The molecule has 0 aromatic carbocycles. The zero-order valence-corrected chi connectivity index (χ0v) is 17.7. The number of hydroxylamine groups is 2. The van der Waals surface area contributed by atoms with Crippen molar-refractivity contribution in [1.29, 1.82) is 0 Å². The first-order chi connectivity index (χ1) is 12.1. The van der Waals surface area contributed by atoms with E-state index < -0.39 is 13.7 Å². The number of rotatable bonds is 10. The first-order valence-corrected chi connectivity index (χ1v) is 12.3. The summed E-state index contributed by atoms with van der Waals surface area (Å²) < 4.78 is 16.5. The summed E-state index contributed by atoms with van der Waals surface area (Å²) in [6.07, 6.45) is 6.83. The van der Waals surface area contributed by atoms with Crippen LogP contribution in [-0.2, 0) is 23.6 Å². The Morgan fingerprint density at radius 2 is 2.00 bits per heavy atom. The van der Waals surface area contributed by atoms with Gasteiger partial charge in [0.25, 0.3) is 0 Å². The Kier molecular flexibility index (Phi) is 8.72. The van der Waals surface area contributed by atoms with Crippen LogP contribution in [0.1, 0.15) is 33.6 Å². The number of hydrogen-bond donors (Lipinski definition) is 0. The molecule has 1 unspecified atom stereocenters. The molecule has 26 heavy (non-hydrogen) atoms. The van der Waals surface area contributed by atoms with Gasteiger partial charge in [-0.2, -0.15) is 5.06 Å². The van der Waals surface area contributed by atoms with Gasteiger partial charge in [0.2, 0.25) is 8.32 Å². The molecule has 1 heterocycles. The molecule has 1 fully saturated rings. The van der Waals surface area contributed by atoms with Crippen molar-refractivity contribution in [1.82, 2.24) is 5.06 Å². The molecule has 1 rings (SSSR count). The lowest BCUT2D eigenvalue weighted by Crippen LogP contribution is -2.46. The van der Waals surface area contributed by atoms with Crippen LogP contribution >= 0.6 is 0 Å². The number of ether oxygens (including phenoxy) is 2. The molecule has 1 aliphatic rings. The van der Waals surface area contributed by atoms with Gasteiger partial charge in [-0.05, 0) is 52.8 Å². The van der Waals surface area contributed by atoms with Crippen molar-refractivity contribution in [2.24, 2.45) is 5.41 Å². The van der Waals surface area contributed by atoms with Crippen molar-refractivity contribution in [3.05, 3.63) is 24.8 Å². The number of esters is 2. The Morgan fingerprint density at radius 3 is 2.62 bits per heavy atom. The second-order valence-electron chi connectivity index (χ2n) is 7.76. The molecular weight excluding hydrogens is 350 g/mol. The van der Waals surface area contributed by atoms with Crippen molar-refractivity contribution in [2.45, 2.75) is 58.8 Å². The molecule has 0 bridgehead atoms. The van der Waals surface area contributed by atoms with E-state index in [4.69, 9.17) is 14.0 Å². The fraction of sp³-hybridized carbons (Fsp3) is 0.684. The molecule has 7 heteroatoms. The first-order valence-electron chi connectivity index (χ1n) is 9.20. The summed E-state index contributed by atoms with van der Waals surface area (Å²) in [5.41, 5.74) is -0.616. The Hall–Kier alpha value is -1.44. The average molecular weight is 384 g/mol. The van der Waals surface area contributed by atoms with Gasteiger partial charge < -0.3 is 14.0 Å². The van der Waals surface area contributed by atoms with Crippen molar-refractivity contribution >= 4 is 20.3 Å². The molecule has 0 aromatic rings. The van der Waals surface area contributed by atoms with Crippen LogP contribution in [-0.4, -0.2) is 51.1 Å². The summed E-state index contributed by atoms with van der Waals surface area (Å²) in [6.45, 7) is 14.7. The van der Waals surface area contributed by atoms with Crippen LogP contribution in [0.4, 0.5) is 0 Å². The molecule has 148 valence electrons. The standard InChI is InChI=1S/C19H33NO5Si/c1-7-14-24-18(22)19(3,4)15-26(5,6)25-20-13-9-10-16(20)11-12-17(21)23-8-2/h7,11-12,16H,1,8-10,13-15H2,2-6H3. The minimum Gasteiger partial charge on any atom is -0.463 e. The molecule has 0 radical (unpaired) electrons. The maximum Gasteiger partial charge on any atom is 0.330 e. The van der Waals surface area contributed by atoms with E-state index in [2.05, 4.69) is 19.7 Å². The Morgan fingerprint density at radius 1 is 1.31 bits per heavy atom. The topological polar surface area (TPSA) is 65.1 Å². The summed E-state index contributed by atoms with van der Waals surface area (Å²) in [5.74, 6) is -0.566. The van der Waals surface area contributed by atoms with Gasteiger partial charge in [0.05, 0.1) is 18.1 Å². The summed E-state index contributed by atoms with van der Waals surface area (Å²) in [6, 6.07) is 0.697. The maximum atomic E-state index is 12.3. The third-order valence-electron chi connectivity index (χ3n) is 4.11. The third kappa shape index (κ3) is 7.43. The zero-order valence-electron chi connectivity index (χ0n) is 16.7. The number of carbonyl (C=O) groups excluding carboxylic acids is 2. The molecule has 6 nitrogen and oxygen atoms in total. The SMILES string of the molecule is C=CCOC(=O)C(C)(C)C[Si](C)(C)ON1CCCC1C=CC(=O)OCC. The number of carbonyl (C=O) groups is 2. The van der Waals surface area contributed by atoms with E-state index in [-0.39, 0.29) is 24.6 Å². The van der Waals surface area contributed by atoms with Crippen LogP contribution in [0, 0.1) is 5.41 Å². The number of hydrogen-bond acceptors (Lipinski definition) is 6. The van der Waals surface area contributed by atoms with E-state index in [1.54, 1.807) is 13.0 Å². The molecule has 1 atom stereocenters. The smallest absolute Gasteiger partial charge is 0.330 e. The van der Waals surface area contributed by atoms with Crippen LogP contribution in [0.2, 0.25) is 19.1 Å². The Balaban J connectivity index is 2.67. The van der Waals surface area contributed by atoms with Gasteiger partial charge >= 0.3 is 11.9 Å². The van der Waals surface area contributed by atoms with Gasteiger partial charge in [-0.1, -0.05) is 18.7 Å². The van der Waals surface area contributed by atoms with E-state index in [1.165, 1.54) is 6.08 Å². The van der Waals surface area contributed by atoms with E-state index in [1.807, 2.05) is 25.0 Å². The van der Waals surface area contributed by atoms with Crippen molar-refractivity contribution < 1.29 is 23.6 Å². The van der Waals surface area contributed by atoms with Gasteiger partial charge in [0, 0.05) is 12.6 Å². The monoisotopic (exact) mass is 383 g/mol. The lowest BCUT2D eigenvalue weighted by atomic mass is 9.97. The van der Waals surface area contributed by atoms with Crippen molar-refractivity contribution in [2.75, 3.05) is 19.8 Å². The highest BCUT2D eigenvalue weighted by Crippen LogP contribution is 2.33. The van der Waals surface area contributed by atoms with Gasteiger partial charge in [0.1, 0.15) is 6.61 Å². The lowest BCUT2D eigenvalue weighted by Gasteiger charge is -2.35. The van der Waals surface area contributed by atoms with Crippen LogP contribution < -0.4 is 0 Å². The molecule has 0 saturated carbocycles. The first kappa shape index (κ1) is 22.6. The lowest BCUT2D eigenvalue weighted by molar-refractivity contribution is -0.152. The summed E-state index contributed by atoms with van der Waals surface area (Å²) >= 11 is 0. The predicted octanol–water partition coefficient (Wildman–Crippen LogP) is 3.46. The highest BCUT2D eigenvalue weighted by molar-refractivity contribution is 6.71. The summed E-state index contributed by atoms with van der Waals surface area (Å²) in [5, 5.41) is 1.95. The maximum absolute atomic E-state index is 12.3. The summed E-state index contributed by atoms with van der Waals surface area (Å²) in [4.78, 5) is 23.8. The Bertz CT molecular complexity index is 530. The number of nitrogens with zero attached hydrogens (tertiary/aromatic N) is 1. The molecule has 0 aromatic heterocycles. The minimum absolute atomic E-state index is 0.0574. The largest absolute Gasteiger partial charge is 0.463 e. The van der Waals surface area contributed by atoms with Gasteiger partial charge in [0.15, 0.2) is 0 Å². The fourth-order valence-electron chi connectivity index (χ4n) is 3.27. The van der Waals surface area contributed by atoms with Crippen molar-refractivity contribution in [3.63, 3.8) is 0 Å². The van der Waals surface area contributed by atoms with Gasteiger partial charge in [-0.25, -0.2) is 4.79 Å².